The average Bonchev–Trinajstić information content (AvgIpc) is 2.38. The van der Waals surface area contributed by atoms with Gasteiger partial charge in [0.05, 0.1) is 39.7 Å². The third kappa shape index (κ3) is 13.7. The summed E-state index contributed by atoms with van der Waals surface area (Å²) in [5.41, 5.74) is 0. The Kier molecular flexibility index (Phi) is 12.1. The molecule has 0 aromatic rings. The van der Waals surface area contributed by atoms with E-state index in [1.54, 1.807) is 0 Å². The first-order valence-electron chi connectivity index (χ1n) is 8.31. The molecule has 0 aliphatic heterocycles. The molecule has 2 heteroatoms. The molecule has 0 rings (SSSR count). The SMILES string of the molecule is CCCCCCCCCCCC[N+](C)(C)CCC#N. The zero-order chi connectivity index (χ0) is 14.4. The van der Waals surface area contributed by atoms with Crippen molar-refractivity contribution < 1.29 is 4.48 Å². The van der Waals surface area contributed by atoms with Crippen LogP contribution in [-0.2, 0) is 0 Å². The van der Waals surface area contributed by atoms with Gasteiger partial charge in [-0.15, -0.1) is 0 Å². The summed E-state index contributed by atoms with van der Waals surface area (Å²) >= 11 is 0. The highest BCUT2D eigenvalue weighted by molar-refractivity contribution is 4.67. The van der Waals surface area contributed by atoms with E-state index >= 15 is 0 Å². The highest BCUT2D eigenvalue weighted by atomic mass is 15.3. The van der Waals surface area contributed by atoms with Crippen molar-refractivity contribution in [2.45, 2.75) is 77.6 Å². The predicted molar refractivity (Wildman–Crippen MR) is 83.9 cm³/mol. The fourth-order valence-electron chi connectivity index (χ4n) is 2.49. The van der Waals surface area contributed by atoms with Crippen LogP contribution in [0.15, 0.2) is 0 Å². The van der Waals surface area contributed by atoms with E-state index in [0.29, 0.717) is 6.42 Å². The lowest BCUT2D eigenvalue weighted by Crippen LogP contribution is -2.41. The van der Waals surface area contributed by atoms with Gasteiger partial charge in [0.15, 0.2) is 0 Å². The van der Waals surface area contributed by atoms with E-state index in [-0.39, 0.29) is 0 Å². The van der Waals surface area contributed by atoms with E-state index in [2.05, 4.69) is 27.1 Å². The molecular formula is C17H35N2+. The third-order valence-corrected chi connectivity index (χ3v) is 3.95. The van der Waals surface area contributed by atoms with Gasteiger partial charge in [0.25, 0.3) is 0 Å². The maximum absolute atomic E-state index is 8.62. The van der Waals surface area contributed by atoms with Gasteiger partial charge < -0.3 is 4.48 Å². The molecule has 0 aliphatic rings. The molecule has 0 amide bonds. The van der Waals surface area contributed by atoms with Gasteiger partial charge in [-0.25, -0.2) is 0 Å². The second-order valence-corrected chi connectivity index (χ2v) is 6.47. The van der Waals surface area contributed by atoms with Gasteiger partial charge in [-0.1, -0.05) is 58.3 Å². The lowest BCUT2D eigenvalue weighted by atomic mass is 10.1. The quantitative estimate of drug-likeness (QED) is 0.344. The van der Waals surface area contributed by atoms with Crippen molar-refractivity contribution in [2.75, 3.05) is 27.2 Å². The number of hydrogen-bond donors (Lipinski definition) is 0. The molecular weight excluding hydrogens is 232 g/mol. The van der Waals surface area contributed by atoms with Gasteiger partial charge in [0.1, 0.15) is 0 Å². The molecule has 0 aromatic heterocycles. The number of quaternary nitrogens is 1. The maximum atomic E-state index is 8.62. The van der Waals surface area contributed by atoms with Crippen molar-refractivity contribution in [1.82, 2.24) is 0 Å². The molecule has 0 fully saturated rings. The summed E-state index contributed by atoms with van der Waals surface area (Å²) in [6.45, 7) is 4.49. The zero-order valence-electron chi connectivity index (χ0n) is 13.6. The predicted octanol–water partition coefficient (Wildman–Crippen LogP) is 4.90. The molecule has 0 aromatic carbocycles. The van der Waals surface area contributed by atoms with Gasteiger partial charge >= 0.3 is 0 Å². The van der Waals surface area contributed by atoms with Crippen LogP contribution in [0.25, 0.3) is 0 Å². The highest BCUT2D eigenvalue weighted by Gasteiger charge is 2.13. The van der Waals surface area contributed by atoms with E-state index in [9.17, 15) is 0 Å². The Morgan fingerprint density at radius 1 is 0.737 bits per heavy atom. The number of nitrogens with zero attached hydrogens (tertiary/aromatic N) is 2. The van der Waals surface area contributed by atoms with Gasteiger partial charge in [-0.2, -0.15) is 5.26 Å². The van der Waals surface area contributed by atoms with E-state index in [1.807, 2.05) is 0 Å². The van der Waals surface area contributed by atoms with Gasteiger partial charge in [-0.3, -0.25) is 0 Å². The largest absolute Gasteiger partial charge is 0.328 e. The van der Waals surface area contributed by atoms with Crippen molar-refractivity contribution >= 4 is 0 Å². The molecule has 0 bridgehead atoms. The zero-order valence-corrected chi connectivity index (χ0v) is 13.6. The number of rotatable bonds is 13. The van der Waals surface area contributed by atoms with E-state index in [0.717, 1.165) is 11.0 Å². The number of nitriles is 1. The molecule has 0 unspecified atom stereocenters. The van der Waals surface area contributed by atoms with Gasteiger partial charge in [0.2, 0.25) is 0 Å². The summed E-state index contributed by atoms with van der Waals surface area (Å²) < 4.78 is 1.00. The Morgan fingerprint density at radius 3 is 1.68 bits per heavy atom. The minimum atomic E-state index is 0.685. The second kappa shape index (κ2) is 12.5. The fourth-order valence-corrected chi connectivity index (χ4v) is 2.49. The molecule has 2 nitrogen and oxygen atoms in total. The lowest BCUT2D eigenvalue weighted by Gasteiger charge is -2.28. The standard InChI is InChI=1S/C17H35N2/c1-4-5-6-7-8-9-10-11-12-13-16-19(2,3)17-14-15-18/h4-14,16-17H2,1-3H3/q+1. The van der Waals surface area contributed by atoms with Crippen LogP contribution in [0.2, 0.25) is 0 Å². The molecule has 0 saturated carbocycles. The summed E-state index contributed by atoms with van der Waals surface area (Å²) in [4.78, 5) is 0. The van der Waals surface area contributed by atoms with Crippen LogP contribution in [0, 0.1) is 11.3 Å². The first-order chi connectivity index (χ1) is 9.12. The molecule has 0 N–H and O–H groups in total. The van der Waals surface area contributed by atoms with Crippen LogP contribution in [0.5, 0.6) is 0 Å². The number of hydrogen-bond acceptors (Lipinski definition) is 1. The minimum Gasteiger partial charge on any atom is -0.328 e. The molecule has 0 heterocycles. The highest BCUT2D eigenvalue weighted by Crippen LogP contribution is 2.11. The molecule has 19 heavy (non-hydrogen) atoms. The molecule has 0 atom stereocenters. The van der Waals surface area contributed by atoms with Crippen LogP contribution >= 0.6 is 0 Å². The van der Waals surface area contributed by atoms with Crippen LogP contribution in [0.3, 0.4) is 0 Å². The Bertz CT molecular complexity index is 228. The second-order valence-electron chi connectivity index (χ2n) is 6.47. The van der Waals surface area contributed by atoms with Crippen molar-refractivity contribution in [2.24, 2.45) is 0 Å². The van der Waals surface area contributed by atoms with Gasteiger partial charge in [-0.05, 0) is 12.8 Å². The summed E-state index contributed by atoms with van der Waals surface area (Å²) in [5.74, 6) is 0. The summed E-state index contributed by atoms with van der Waals surface area (Å²) in [6.07, 6.45) is 14.7. The maximum Gasteiger partial charge on any atom is 0.0914 e. The first-order valence-corrected chi connectivity index (χ1v) is 8.31. The molecule has 0 radical (unpaired) electrons. The molecule has 0 aliphatic carbocycles. The monoisotopic (exact) mass is 267 g/mol. The van der Waals surface area contributed by atoms with Crippen LogP contribution < -0.4 is 0 Å². The van der Waals surface area contributed by atoms with Crippen LogP contribution in [0.4, 0.5) is 0 Å². The molecule has 0 saturated heterocycles. The smallest absolute Gasteiger partial charge is 0.0914 e. The van der Waals surface area contributed by atoms with Crippen molar-refractivity contribution in [1.29, 1.82) is 5.26 Å². The van der Waals surface area contributed by atoms with Crippen LogP contribution in [0.1, 0.15) is 77.6 Å². The first kappa shape index (κ1) is 18.4. The lowest BCUT2D eigenvalue weighted by molar-refractivity contribution is -0.890. The summed E-state index contributed by atoms with van der Waals surface area (Å²) in [7, 11) is 4.48. The van der Waals surface area contributed by atoms with Gasteiger partial charge in [0, 0.05) is 0 Å². The minimum absolute atomic E-state index is 0.685. The normalized spacial score (nSPS) is 11.5. The molecule has 112 valence electrons. The van der Waals surface area contributed by atoms with Crippen LogP contribution in [-0.4, -0.2) is 31.7 Å². The third-order valence-electron chi connectivity index (χ3n) is 3.95. The van der Waals surface area contributed by atoms with E-state index in [4.69, 9.17) is 5.26 Å². The summed E-state index contributed by atoms with van der Waals surface area (Å²) in [6, 6.07) is 2.25. The van der Waals surface area contributed by atoms with E-state index in [1.165, 1.54) is 70.8 Å². The average molecular weight is 267 g/mol. The van der Waals surface area contributed by atoms with E-state index < -0.39 is 0 Å². The Morgan fingerprint density at radius 2 is 1.21 bits per heavy atom. The molecule has 0 spiro atoms. The number of unbranched alkanes of at least 4 members (excludes halogenated alkanes) is 9. The summed E-state index contributed by atoms with van der Waals surface area (Å²) in [5, 5.41) is 8.62. The Balaban J connectivity index is 3.24. The van der Waals surface area contributed by atoms with Crippen molar-refractivity contribution in [3.05, 3.63) is 0 Å². The Labute approximate surface area is 121 Å². The topological polar surface area (TPSA) is 23.8 Å². The Hall–Kier alpha value is -0.550. The van der Waals surface area contributed by atoms with Crippen molar-refractivity contribution in [3.8, 4) is 6.07 Å². The fraction of sp³-hybridized carbons (Fsp3) is 0.941. The van der Waals surface area contributed by atoms with Crippen molar-refractivity contribution in [3.63, 3.8) is 0 Å².